The third-order valence-corrected chi connectivity index (χ3v) is 3.71. The van der Waals surface area contributed by atoms with Gasteiger partial charge in [-0.15, -0.1) is 0 Å². The molecule has 0 radical (unpaired) electrons. The van der Waals surface area contributed by atoms with Crippen molar-refractivity contribution >= 4 is 5.91 Å². The lowest BCUT2D eigenvalue weighted by atomic mass is 10.1. The second-order valence-electron chi connectivity index (χ2n) is 5.38. The second-order valence-corrected chi connectivity index (χ2v) is 5.38. The van der Waals surface area contributed by atoms with Gasteiger partial charge in [0.2, 0.25) is 0 Å². The number of aliphatic hydroxyl groups excluding tert-OH is 1. The van der Waals surface area contributed by atoms with Crippen LogP contribution in [-0.4, -0.2) is 23.7 Å². The van der Waals surface area contributed by atoms with Crippen LogP contribution < -0.4 is 10.1 Å². The zero-order valence-corrected chi connectivity index (χ0v) is 12.1. The van der Waals surface area contributed by atoms with Gasteiger partial charge in [0, 0.05) is 18.5 Å². The number of fused-ring (bicyclic) bond motifs is 1. The molecular formula is C17H15F2NO3. The Kier molecular flexibility index (Phi) is 4.25. The van der Waals surface area contributed by atoms with Gasteiger partial charge in [0.1, 0.15) is 17.4 Å². The molecule has 0 aromatic heterocycles. The summed E-state index contributed by atoms with van der Waals surface area (Å²) in [5, 5.41) is 12.6. The maximum Gasteiger partial charge on any atom is 0.261 e. The van der Waals surface area contributed by atoms with E-state index in [4.69, 9.17) is 4.74 Å². The van der Waals surface area contributed by atoms with E-state index < -0.39 is 18.0 Å². The van der Waals surface area contributed by atoms with E-state index in [1.807, 2.05) is 0 Å². The minimum atomic E-state index is -0.944. The average molecular weight is 319 g/mol. The highest BCUT2D eigenvalue weighted by Crippen LogP contribution is 2.29. The maximum absolute atomic E-state index is 13.1. The first-order chi connectivity index (χ1) is 11.0. The Hall–Kier alpha value is -2.47. The van der Waals surface area contributed by atoms with E-state index in [9.17, 15) is 18.7 Å². The van der Waals surface area contributed by atoms with Gasteiger partial charge in [-0.3, -0.25) is 4.79 Å². The largest absolute Gasteiger partial charge is 0.480 e. The lowest BCUT2D eigenvalue weighted by molar-refractivity contribution is -0.127. The first-order valence-electron chi connectivity index (χ1n) is 7.19. The molecule has 0 saturated heterocycles. The van der Waals surface area contributed by atoms with Crippen molar-refractivity contribution in [2.75, 3.05) is 6.54 Å². The molecule has 0 fully saturated rings. The van der Waals surface area contributed by atoms with Crippen LogP contribution >= 0.6 is 0 Å². The second kappa shape index (κ2) is 6.34. The van der Waals surface area contributed by atoms with Crippen molar-refractivity contribution in [3.05, 3.63) is 65.2 Å². The van der Waals surface area contributed by atoms with Gasteiger partial charge in [-0.25, -0.2) is 8.78 Å². The van der Waals surface area contributed by atoms with Gasteiger partial charge in [-0.05, 0) is 35.9 Å². The number of nitrogens with one attached hydrogen (secondary N) is 1. The van der Waals surface area contributed by atoms with E-state index in [2.05, 4.69) is 5.32 Å². The molecule has 6 heteroatoms. The monoisotopic (exact) mass is 319 g/mol. The molecular weight excluding hydrogens is 304 g/mol. The lowest BCUT2D eigenvalue weighted by Gasteiger charge is -2.15. The molecule has 0 aliphatic carbocycles. The number of benzene rings is 2. The third kappa shape index (κ3) is 3.48. The molecule has 1 amide bonds. The van der Waals surface area contributed by atoms with Crippen LogP contribution in [0.1, 0.15) is 17.2 Å². The van der Waals surface area contributed by atoms with Crippen LogP contribution in [0.25, 0.3) is 0 Å². The Morgan fingerprint density at radius 3 is 2.65 bits per heavy atom. The highest BCUT2D eigenvalue weighted by Gasteiger charge is 2.29. The van der Waals surface area contributed by atoms with Crippen molar-refractivity contribution in [3.8, 4) is 5.75 Å². The Morgan fingerprint density at radius 2 is 1.91 bits per heavy atom. The number of hydrogen-bond donors (Lipinski definition) is 2. The number of carbonyl (C=O) groups is 1. The van der Waals surface area contributed by atoms with E-state index in [1.165, 1.54) is 42.5 Å². The van der Waals surface area contributed by atoms with E-state index >= 15 is 0 Å². The fourth-order valence-corrected chi connectivity index (χ4v) is 2.48. The topological polar surface area (TPSA) is 58.6 Å². The molecule has 2 unspecified atom stereocenters. The fourth-order valence-electron chi connectivity index (χ4n) is 2.48. The number of ether oxygens (including phenoxy) is 1. The standard InChI is InChI=1S/C17H15F2NO3/c18-12-3-1-10(2-4-12)14(21)9-20-17(22)16-8-11-7-13(19)5-6-15(11)23-16/h1-7,14,16,21H,8-9H2,(H,20,22). The highest BCUT2D eigenvalue weighted by molar-refractivity contribution is 5.82. The average Bonchev–Trinajstić information content (AvgIpc) is 2.96. The van der Waals surface area contributed by atoms with Crippen LogP contribution in [0, 0.1) is 11.6 Å². The summed E-state index contributed by atoms with van der Waals surface area (Å²) in [5.74, 6) is -0.664. The summed E-state index contributed by atoms with van der Waals surface area (Å²) < 4.78 is 31.4. The van der Waals surface area contributed by atoms with Crippen LogP contribution in [0.2, 0.25) is 0 Å². The molecule has 0 saturated carbocycles. The van der Waals surface area contributed by atoms with Crippen molar-refractivity contribution in [2.24, 2.45) is 0 Å². The van der Waals surface area contributed by atoms with E-state index in [0.29, 0.717) is 16.9 Å². The van der Waals surface area contributed by atoms with Crippen LogP contribution in [0.5, 0.6) is 5.75 Å². The number of hydrogen-bond acceptors (Lipinski definition) is 3. The molecule has 1 aliphatic heterocycles. The SMILES string of the molecule is O=C(NCC(O)c1ccc(F)cc1)C1Cc2cc(F)ccc2O1. The summed E-state index contributed by atoms with van der Waals surface area (Å²) in [4.78, 5) is 12.1. The van der Waals surface area contributed by atoms with Gasteiger partial charge >= 0.3 is 0 Å². The molecule has 120 valence electrons. The summed E-state index contributed by atoms with van der Waals surface area (Å²) in [5.41, 5.74) is 1.15. The third-order valence-electron chi connectivity index (χ3n) is 3.71. The zero-order chi connectivity index (χ0) is 16.4. The number of aliphatic hydroxyl groups is 1. The Balaban J connectivity index is 1.55. The maximum atomic E-state index is 13.1. The van der Waals surface area contributed by atoms with Crippen LogP contribution in [0.15, 0.2) is 42.5 Å². The molecule has 4 nitrogen and oxygen atoms in total. The molecule has 2 aromatic carbocycles. The molecule has 2 aromatic rings. The lowest BCUT2D eigenvalue weighted by Crippen LogP contribution is -2.39. The molecule has 2 atom stereocenters. The summed E-state index contributed by atoms with van der Waals surface area (Å²) in [6.07, 6.45) is -1.40. The van der Waals surface area contributed by atoms with Crippen molar-refractivity contribution in [2.45, 2.75) is 18.6 Å². The molecule has 23 heavy (non-hydrogen) atoms. The van der Waals surface area contributed by atoms with Gasteiger partial charge in [-0.2, -0.15) is 0 Å². The van der Waals surface area contributed by atoms with Crippen LogP contribution in [-0.2, 0) is 11.2 Å². The van der Waals surface area contributed by atoms with Gasteiger partial charge < -0.3 is 15.2 Å². The Morgan fingerprint density at radius 1 is 1.22 bits per heavy atom. The number of rotatable bonds is 4. The van der Waals surface area contributed by atoms with Crippen molar-refractivity contribution in [1.82, 2.24) is 5.32 Å². The Labute approximate surface area is 131 Å². The minimum absolute atomic E-state index is 0.0188. The summed E-state index contributed by atoms with van der Waals surface area (Å²) in [7, 11) is 0. The normalized spacial score (nSPS) is 17.3. The predicted octanol–water partition coefficient (Wildman–Crippen LogP) is 2.12. The van der Waals surface area contributed by atoms with Gasteiger partial charge in [-0.1, -0.05) is 12.1 Å². The Bertz CT molecular complexity index is 718. The first kappa shape index (κ1) is 15.4. The number of carbonyl (C=O) groups excluding carboxylic acids is 1. The van der Waals surface area contributed by atoms with Gasteiger partial charge in [0.15, 0.2) is 6.10 Å². The summed E-state index contributed by atoms with van der Waals surface area (Å²) in [6, 6.07) is 9.50. The zero-order valence-electron chi connectivity index (χ0n) is 12.1. The first-order valence-corrected chi connectivity index (χ1v) is 7.19. The van der Waals surface area contributed by atoms with Crippen LogP contribution in [0.4, 0.5) is 8.78 Å². The summed E-state index contributed by atoms with van der Waals surface area (Å²) in [6.45, 7) is -0.0188. The quantitative estimate of drug-likeness (QED) is 0.907. The number of halogens is 2. The molecule has 0 spiro atoms. The van der Waals surface area contributed by atoms with Gasteiger partial charge in [0.05, 0.1) is 6.10 Å². The molecule has 0 bridgehead atoms. The number of amides is 1. The summed E-state index contributed by atoms with van der Waals surface area (Å²) >= 11 is 0. The molecule has 3 rings (SSSR count). The van der Waals surface area contributed by atoms with Crippen LogP contribution in [0.3, 0.4) is 0 Å². The van der Waals surface area contributed by atoms with E-state index in [-0.39, 0.29) is 24.7 Å². The fraction of sp³-hybridized carbons (Fsp3) is 0.235. The predicted molar refractivity (Wildman–Crippen MR) is 78.9 cm³/mol. The molecule has 1 heterocycles. The minimum Gasteiger partial charge on any atom is -0.480 e. The smallest absolute Gasteiger partial charge is 0.261 e. The molecule has 2 N–H and O–H groups in total. The van der Waals surface area contributed by atoms with E-state index in [0.717, 1.165) is 0 Å². The van der Waals surface area contributed by atoms with Crippen molar-refractivity contribution in [1.29, 1.82) is 0 Å². The van der Waals surface area contributed by atoms with Crippen molar-refractivity contribution in [3.63, 3.8) is 0 Å². The van der Waals surface area contributed by atoms with Gasteiger partial charge in [0.25, 0.3) is 5.91 Å². The molecule has 1 aliphatic rings. The van der Waals surface area contributed by atoms with E-state index in [1.54, 1.807) is 0 Å². The highest BCUT2D eigenvalue weighted by atomic mass is 19.1. The van der Waals surface area contributed by atoms with Crippen molar-refractivity contribution < 1.29 is 23.4 Å².